The molecule has 2 atom stereocenters. The van der Waals surface area contributed by atoms with Crippen molar-refractivity contribution in [1.82, 2.24) is 0 Å². The van der Waals surface area contributed by atoms with Crippen molar-refractivity contribution in [3.05, 3.63) is 60.2 Å². The van der Waals surface area contributed by atoms with Crippen LogP contribution >= 0.6 is 0 Å². The number of hydrogen-bond donors (Lipinski definition) is 2. The Hall–Kier alpha value is -2.29. The Morgan fingerprint density at radius 1 is 0.963 bits per heavy atom. The number of rotatable bonds is 6. The zero-order chi connectivity index (χ0) is 20.2. The fourth-order valence-corrected chi connectivity index (χ4v) is 3.48. The van der Waals surface area contributed by atoms with Crippen molar-refractivity contribution in [2.75, 3.05) is 11.1 Å². The highest BCUT2D eigenvalue weighted by Gasteiger charge is 2.37. The van der Waals surface area contributed by atoms with Gasteiger partial charge in [-0.3, -0.25) is 4.79 Å². The van der Waals surface area contributed by atoms with Crippen molar-refractivity contribution in [3.63, 3.8) is 0 Å². The van der Waals surface area contributed by atoms with Crippen molar-refractivity contribution in [2.45, 2.75) is 53.9 Å². The number of carbonyl (C=O) groups is 1. The topological polar surface area (TPSA) is 55.1 Å². The Balaban J connectivity index is 2.16. The van der Waals surface area contributed by atoms with Crippen molar-refractivity contribution in [3.8, 4) is 0 Å². The van der Waals surface area contributed by atoms with Crippen LogP contribution in [0.3, 0.4) is 0 Å². The van der Waals surface area contributed by atoms with Crippen LogP contribution in [0.5, 0.6) is 0 Å². The molecule has 0 aromatic heterocycles. The molecular weight excluding hydrogens is 332 g/mol. The van der Waals surface area contributed by atoms with Crippen LogP contribution < -0.4 is 11.1 Å². The summed E-state index contributed by atoms with van der Waals surface area (Å²) in [6.45, 7) is 13.3. The molecule has 0 spiro atoms. The second-order valence-electron chi connectivity index (χ2n) is 9.35. The molecule has 3 heteroatoms. The predicted octanol–water partition coefficient (Wildman–Crippen LogP) is 6.09. The average Bonchev–Trinajstić information content (AvgIpc) is 2.61. The highest BCUT2D eigenvalue weighted by atomic mass is 16.1. The number of benzene rings is 2. The maximum Gasteiger partial charge on any atom is 0.227 e. The lowest BCUT2D eigenvalue weighted by atomic mass is 9.65. The third-order valence-electron chi connectivity index (χ3n) is 5.72. The second kappa shape index (κ2) is 8.16. The molecule has 2 aromatic rings. The lowest BCUT2D eigenvalue weighted by molar-refractivity contribution is -0.123. The number of anilines is 2. The zero-order valence-corrected chi connectivity index (χ0v) is 17.5. The number of amides is 1. The van der Waals surface area contributed by atoms with Gasteiger partial charge in [0.15, 0.2) is 0 Å². The third kappa shape index (κ3) is 5.59. The molecule has 1 amide bonds. The number of carbonyl (C=O) groups excluding carboxylic acids is 1. The first-order valence-corrected chi connectivity index (χ1v) is 9.72. The van der Waals surface area contributed by atoms with Gasteiger partial charge in [-0.2, -0.15) is 0 Å². The van der Waals surface area contributed by atoms with Gasteiger partial charge in [-0.25, -0.2) is 0 Å². The first-order chi connectivity index (χ1) is 12.5. The monoisotopic (exact) mass is 366 g/mol. The highest BCUT2D eigenvalue weighted by Crippen LogP contribution is 2.46. The minimum Gasteiger partial charge on any atom is -0.399 e. The average molecular weight is 367 g/mol. The van der Waals surface area contributed by atoms with Crippen molar-refractivity contribution in [2.24, 2.45) is 16.7 Å². The molecule has 0 heterocycles. The summed E-state index contributed by atoms with van der Waals surface area (Å²) >= 11 is 0. The van der Waals surface area contributed by atoms with E-state index in [1.165, 1.54) is 5.56 Å². The largest absolute Gasteiger partial charge is 0.399 e. The fourth-order valence-electron chi connectivity index (χ4n) is 3.48. The summed E-state index contributed by atoms with van der Waals surface area (Å²) in [5, 5.41) is 3.03. The molecule has 2 unspecified atom stereocenters. The normalized spacial score (nSPS) is 14.4. The molecule has 3 N–H and O–H groups in total. The summed E-state index contributed by atoms with van der Waals surface area (Å²) in [4.78, 5) is 12.9. The van der Waals surface area contributed by atoms with Crippen LogP contribution in [-0.2, 0) is 4.79 Å². The van der Waals surface area contributed by atoms with Gasteiger partial charge in [0.25, 0.3) is 0 Å². The molecule has 0 fully saturated rings. The fraction of sp³-hybridized carbons (Fsp3) is 0.458. The Morgan fingerprint density at radius 3 is 2.04 bits per heavy atom. The Morgan fingerprint density at radius 2 is 1.52 bits per heavy atom. The van der Waals surface area contributed by atoms with Gasteiger partial charge in [0, 0.05) is 17.3 Å². The number of nitrogens with one attached hydrogen (secondary N) is 1. The van der Waals surface area contributed by atoms with Crippen LogP contribution in [0.15, 0.2) is 54.6 Å². The number of hydrogen-bond acceptors (Lipinski definition) is 2. The summed E-state index contributed by atoms with van der Waals surface area (Å²) in [6, 6.07) is 17.9. The molecule has 3 nitrogen and oxygen atoms in total. The van der Waals surface area contributed by atoms with E-state index in [1.807, 2.05) is 19.1 Å². The molecule has 146 valence electrons. The third-order valence-corrected chi connectivity index (χ3v) is 5.72. The minimum absolute atomic E-state index is 0.0468. The Kier molecular flexibility index (Phi) is 6.35. The summed E-state index contributed by atoms with van der Waals surface area (Å²) in [7, 11) is 0. The van der Waals surface area contributed by atoms with Crippen LogP contribution in [-0.4, -0.2) is 5.91 Å². The number of nitrogen functional groups attached to an aromatic ring is 1. The van der Waals surface area contributed by atoms with E-state index in [1.54, 1.807) is 12.1 Å². The Bertz CT molecular complexity index is 742. The lowest BCUT2D eigenvalue weighted by Crippen LogP contribution is -2.36. The highest BCUT2D eigenvalue weighted by molar-refractivity contribution is 5.92. The van der Waals surface area contributed by atoms with Crippen LogP contribution in [0.1, 0.15) is 59.4 Å². The van der Waals surface area contributed by atoms with E-state index >= 15 is 0 Å². The molecule has 0 aliphatic carbocycles. The first kappa shape index (κ1) is 21.0. The van der Waals surface area contributed by atoms with Gasteiger partial charge in [-0.1, -0.05) is 71.9 Å². The van der Waals surface area contributed by atoms with Crippen LogP contribution in [0.25, 0.3) is 0 Å². The predicted molar refractivity (Wildman–Crippen MR) is 116 cm³/mol. The van der Waals surface area contributed by atoms with E-state index < -0.39 is 0 Å². The van der Waals surface area contributed by atoms with Gasteiger partial charge in [0.05, 0.1) is 0 Å². The van der Waals surface area contributed by atoms with Gasteiger partial charge in [-0.15, -0.1) is 0 Å². The van der Waals surface area contributed by atoms with Gasteiger partial charge in [0.2, 0.25) is 5.91 Å². The van der Waals surface area contributed by atoms with Crippen LogP contribution in [0.2, 0.25) is 0 Å². The molecule has 0 bridgehead atoms. The van der Waals surface area contributed by atoms with E-state index in [0.29, 0.717) is 11.6 Å². The summed E-state index contributed by atoms with van der Waals surface area (Å²) in [5.41, 5.74) is 8.51. The van der Waals surface area contributed by atoms with E-state index in [2.05, 4.69) is 70.3 Å². The van der Waals surface area contributed by atoms with E-state index in [4.69, 9.17) is 5.73 Å². The van der Waals surface area contributed by atoms with Crippen molar-refractivity contribution in [1.29, 1.82) is 0 Å². The van der Waals surface area contributed by atoms with Crippen LogP contribution in [0.4, 0.5) is 11.4 Å². The van der Waals surface area contributed by atoms with Gasteiger partial charge >= 0.3 is 0 Å². The van der Waals surface area contributed by atoms with Crippen molar-refractivity contribution >= 4 is 17.3 Å². The smallest absolute Gasteiger partial charge is 0.227 e. The second-order valence-corrected chi connectivity index (χ2v) is 9.35. The molecule has 0 aliphatic heterocycles. The quantitative estimate of drug-likeness (QED) is 0.608. The van der Waals surface area contributed by atoms with Gasteiger partial charge in [-0.05, 0) is 53.0 Å². The molecule has 0 saturated carbocycles. The van der Waals surface area contributed by atoms with E-state index in [0.717, 1.165) is 12.1 Å². The molecule has 0 aliphatic rings. The minimum atomic E-state index is -0.147. The summed E-state index contributed by atoms with van der Waals surface area (Å²) < 4.78 is 0. The summed E-state index contributed by atoms with van der Waals surface area (Å²) in [6.07, 6.45) is 0.941. The first-order valence-electron chi connectivity index (χ1n) is 9.72. The van der Waals surface area contributed by atoms with Crippen LogP contribution in [0, 0.1) is 16.7 Å². The molecular formula is C24H34N2O. The van der Waals surface area contributed by atoms with E-state index in [-0.39, 0.29) is 22.7 Å². The SMILES string of the molecule is CC(C(=O)Nc1ccc(N)cc1)C(C)(C)CC(c1ccccc1)C(C)(C)C. The molecule has 27 heavy (non-hydrogen) atoms. The Labute approximate surface area is 164 Å². The summed E-state index contributed by atoms with van der Waals surface area (Å²) in [5.74, 6) is 0.301. The maximum absolute atomic E-state index is 12.9. The molecule has 2 aromatic carbocycles. The maximum atomic E-state index is 12.9. The molecule has 0 saturated heterocycles. The standard InChI is InChI=1S/C24H34N2O/c1-17(22(27)26-20-14-12-19(25)13-15-20)24(5,6)16-21(23(2,3)4)18-10-8-7-9-11-18/h7-15,17,21H,16,25H2,1-6H3,(H,26,27). The number of nitrogens with two attached hydrogens (primary N) is 1. The lowest BCUT2D eigenvalue weighted by Gasteiger charge is -2.40. The molecule has 0 radical (unpaired) electrons. The molecule has 2 rings (SSSR count). The van der Waals surface area contributed by atoms with Gasteiger partial charge < -0.3 is 11.1 Å². The van der Waals surface area contributed by atoms with E-state index in [9.17, 15) is 4.79 Å². The van der Waals surface area contributed by atoms with Crippen molar-refractivity contribution < 1.29 is 4.79 Å². The van der Waals surface area contributed by atoms with Gasteiger partial charge in [0.1, 0.15) is 0 Å². The zero-order valence-electron chi connectivity index (χ0n) is 17.5.